The molecule has 0 bridgehead atoms. The maximum Gasteiger partial charge on any atom is 0.263 e. The van der Waals surface area contributed by atoms with E-state index < -0.39 is 0 Å². The molecule has 19 heavy (non-hydrogen) atoms. The molecule has 0 aliphatic carbocycles. The molecular formula is C13H14N2O4. The van der Waals surface area contributed by atoms with Gasteiger partial charge in [0.05, 0.1) is 6.61 Å². The van der Waals surface area contributed by atoms with Crippen LogP contribution in [0.15, 0.2) is 34.9 Å². The number of hydrogen-bond donors (Lipinski definition) is 2. The van der Waals surface area contributed by atoms with E-state index >= 15 is 0 Å². The van der Waals surface area contributed by atoms with Gasteiger partial charge in [-0.3, -0.25) is 4.79 Å². The predicted octanol–water partition coefficient (Wildman–Crippen LogP) is 1.49. The lowest BCUT2D eigenvalue weighted by Gasteiger charge is -2.06. The van der Waals surface area contributed by atoms with E-state index in [4.69, 9.17) is 14.4 Å². The highest BCUT2D eigenvalue weighted by atomic mass is 16.5. The van der Waals surface area contributed by atoms with Crippen LogP contribution in [0.5, 0.6) is 5.75 Å². The number of nitrogens with zero attached hydrogens (tertiary/aromatic N) is 1. The van der Waals surface area contributed by atoms with Crippen LogP contribution in [0.2, 0.25) is 0 Å². The van der Waals surface area contributed by atoms with Crippen LogP contribution in [0.25, 0.3) is 0 Å². The Morgan fingerprint density at radius 2 is 2.16 bits per heavy atom. The van der Waals surface area contributed by atoms with Crippen LogP contribution in [-0.4, -0.2) is 22.8 Å². The van der Waals surface area contributed by atoms with Crippen LogP contribution < -0.4 is 10.1 Å². The van der Waals surface area contributed by atoms with Crippen molar-refractivity contribution in [3.8, 4) is 5.75 Å². The van der Waals surface area contributed by atoms with Crippen molar-refractivity contribution in [1.29, 1.82) is 0 Å². The van der Waals surface area contributed by atoms with Gasteiger partial charge < -0.3 is 19.7 Å². The van der Waals surface area contributed by atoms with Crippen molar-refractivity contribution in [2.75, 3.05) is 11.9 Å². The molecule has 1 aromatic carbocycles. The average Bonchev–Trinajstić information content (AvgIpc) is 2.82. The second-order valence-corrected chi connectivity index (χ2v) is 3.96. The molecule has 1 amide bonds. The van der Waals surface area contributed by atoms with Crippen molar-refractivity contribution in [3.05, 3.63) is 41.7 Å². The fraction of sp³-hybridized carbons (Fsp3) is 0.231. The van der Waals surface area contributed by atoms with Crippen molar-refractivity contribution in [3.63, 3.8) is 0 Å². The molecule has 6 heteroatoms. The smallest absolute Gasteiger partial charge is 0.263 e. The zero-order valence-electron chi connectivity index (χ0n) is 10.4. The van der Waals surface area contributed by atoms with Gasteiger partial charge in [-0.2, -0.15) is 0 Å². The number of carbonyl (C=O) groups excluding carboxylic acids is 1. The summed E-state index contributed by atoms with van der Waals surface area (Å²) < 4.78 is 10.1. The van der Waals surface area contributed by atoms with Crippen LogP contribution >= 0.6 is 0 Å². The van der Waals surface area contributed by atoms with Gasteiger partial charge in [-0.1, -0.05) is 17.3 Å². The largest absolute Gasteiger partial charge is 0.484 e. The predicted molar refractivity (Wildman–Crippen MR) is 67.7 cm³/mol. The Labute approximate surface area is 110 Å². The van der Waals surface area contributed by atoms with Crippen LogP contribution in [0.1, 0.15) is 11.3 Å². The number of hydrogen-bond acceptors (Lipinski definition) is 5. The lowest BCUT2D eigenvalue weighted by molar-refractivity contribution is -0.118. The number of aromatic nitrogens is 1. The summed E-state index contributed by atoms with van der Waals surface area (Å²) in [5, 5.41) is 15.1. The van der Waals surface area contributed by atoms with E-state index in [1.807, 2.05) is 0 Å². The van der Waals surface area contributed by atoms with Crippen LogP contribution in [0.3, 0.4) is 0 Å². The van der Waals surface area contributed by atoms with Gasteiger partial charge in [-0.15, -0.1) is 0 Å². The van der Waals surface area contributed by atoms with E-state index in [2.05, 4.69) is 10.5 Å². The molecule has 2 aromatic rings. The number of ether oxygens (including phenoxy) is 1. The molecule has 6 nitrogen and oxygen atoms in total. The topological polar surface area (TPSA) is 84.6 Å². The summed E-state index contributed by atoms with van der Waals surface area (Å²) in [5.41, 5.74) is 0.787. The molecule has 2 rings (SSSR count). The number of carbonyl (C=O) groups is 1. The molecule has 0 unspecified atom stereocenters. The molecule has 2 N–H and O–H groups in total. The summed E-state index contributed by atoms with van der Waals surface area (Å²) in [6.45, 7) is 1.60. The normalized spacial score (nSPS) is 10.2. The van der Waals surface area contributed by atoms with Crippen molar-refractivity contribution >= 4 is 11.7 Å². The Balaban J connectivity index is 1.82. The van der Waals surface area contributed by atoms with E-state index in [0.717, 1.165) is 5.56 Å². The lowest BCUT2D eigenvalue weighted by atomic mass is 10.2. The Hall–Kier alpha value is -2.34. The first-order chi connectivity index (χ1) is 9.17. The average molecular weight is 262 g/mol. The SMILES string of the molecule is Cc1cc(NC(=O)COc2ccc(CO)cc2)no1. The van der Waals surface area contributed by atoms with Crippen LogP contribution in [0.4, 0.5) is 5.82 Å². The minimum atomic E-state index is -0.320. The first kappa shape index (κ1) is 13.1. The fourth-order valence-electron chi connectivity index (χ4n) is 1.44. The maximum absolute atomic E-state index is 11.6. The number of aliphatic hydroxyl groups is 1. The van der Waals surface area contributed by atoms with Crippen LogP contribution in [-0.2, 0) is 11.4 Å². The molecule has 1 aromatic heterocycles. The number of anilines is 1. The van der Waals surface area contributed by atoms with Crippen molar-refractivity contribution < 1.29 is 19.2 Å². The van der Waals surface area contributed by atoms with Gasteiger partial charge in [0.1, 0.15) is 11.5 Å². The molecule has 0 atom stereocenters. The third-order valence-electron chi connectivity index (χ3n) is 2.37. The highest BCUT2D eigenvalue weighted by molar-refractivity contribution is 5.90. The zero-order valence-corrected chi connectivity index (χ0v) is 10.4. The van der Waals surface area contributed by atoms with E-state index in [0.29, 0.717) is 17.3 Å². The molecule has 0 radical (unpaired) electrons. The molecule has 0 saturated carbocycles. The number of aryl methyl sites for hydroxylation is 1. The van der Waals surface area contributed by atoms with E-state index in [9.17, 15) is 4.79 Å². The minimum Gasteiger partial charge on any atom is -0.484 e. The van der Waals surface area contributed by atoms with Gasteiger partial charge in [0.2, 0.25) is 0 Å². The first-order valence-corrected chi connectivity index (χ1v) is 5.73. The molecule has 100 valence electrons. The molecule has 1 heterocycles. The molecule has 0 aliphatic rings. The molecule has 0 aliphatic heterocycles. The molecule has 0 spiro atoms. The molecular weight excluding hydrogens is 248 g/mol. The monoisotopic (exact) mass is 262 g/mol. The third kappa shape index (κ3) is 3.82. The van der Waals surface area contributed by atoms with Crippen molar-refractivity contribution in [1.82, 2.24) is 5.16 Å². The zero-order chi connectivity index (χ0) is 13.7. The number of rotatable bonds is 5. The highest BCUT2D eigenvalue weighted by Gasteiger charge is 2.06. The van der Waals surface area contributed by atoms with Crippen LogP contribution in [0, 0.1) is 6.92 Å². The second-order valence-electron chi connectivity index (χ2n) is 3.96. The summed E-state index contributed by atoms with van der Waals surface area (Å²) in [5.74, 6) is 1.22. The molecule has 0 saturated heterocycles. The standard InChI is InChI=1S/C13H14N2O4/c1-9-6-12(15-19-9)14-13(17)8-18-11-4-2-10(7-16)3-5-11/h2-6,16H,7-8H2,1H3,(H,14,15,17). The Morgan fingerprint density at radius 3 is 2.74 bits per heavy atom. The fourth-order valence-corrected chi connectivity index (χ4v) is 1.44. The van der Waals surface area contributed by atoms with Gasteiger partial charge >= 0.3 is 0 Å². The Morgan fingerprint density at radius 1 is 1.42 bits per heavy atom. The van der Waals surface area contributed by atoms with Gasteiger partial charge in [0.25, 0.3) is 5.91 Å². The summed E-state index contributed by atoms with van der Waals surface area (Å²) in [6.07, 6.45) is 0. The van der Waals surface area contributed by atoms with Gasteiger partial charge in [-0.05, 0) is 24.6 Å². The second kappa shape index (κ2) is 6.01. The summed E-state index contributed by atoms with van der Waals surface area (Å²) in [7, 11) is 0. The quantitative estimate of drug-likeness (QED) is 0.852. The Bertz CT molecular complexity index is 548. The summed E-state index contributed by atoms with van der Waals surface area (Å²) in [4.78, 5) is 11.6. The van der Waals surface area contributed by atoms with E-state index in [1.54, 1.807) is 37.3 Å². The third-order valence-corrected chi connectivity index (χ3v) is 2.37. The number of amides is 1. The van der Waals surface area contributed by atoms with Crippen molar-refractivity contribution in [2.24, 2.45) is 0 Å². The maximum atomic E-state index is 11.6. The van der Waals surface area contributed by atoms with Crippen molar-refractivity contribution in [2.45, 2.75) is 13.5 Å². The number of aliphatic hydroxyl groups excluding tert-OH is 1. The first-order valence-electron chi connectivity index (χ1n) is 5.73. The van der Waals surface area contributed by atoms with Gasteiger partial charge in [-0.25, -0.2) is 0 Å². The number of nitrogens with one attached hydrogen (secondary N) is 1. The number of benzene rings is 1. The van der Waals surface area contributed by atoms with E-state index in [1.165, 1.54) is 0 Å². The van der Waals surface area contributed by atoms with Gasteiger partial charge in [0.15, 0.2) is 12.4 Å². The summed E-state index contributed by atoms with van der Waals surface area (Å²) >= 11 is 0. The minimum absolute atomic E-state index is 0.0216. The van der Waals surface area contributed by atoms with Gasteiger partial charge in [0, 0.05) is 6.07 Å². The van der Waals surface area contributed by atoms with E-state index in [-0.39, 0.29) is 19.1 Å². The Kier molecular flexibility index (Phi) is 4.15. The summed E-state index contributed by atoms with van der Waals surface area (Å²) in [6, 6.07) is 8.47. The molecule has 0 fully saturated rings. The lowest BCUT2D eigenvalue weighted by Crippen LogP contribution is -2.20. The highest BCUT2D eigenvalue weighted by Crippen LogP contribution is 2.12.